The van der Waals surface area contributed by atoms with Crippen LogP contribution in [0.4, 0.5) is 0 Å². The normalized spacial score (nSPS) is 11.0. The van der Waals surface area contributed by atoms with Crippen molar-refractivity contribution in [1.82, 2.24) is 16.0 Å². The number of hydrogen-bond acceptors (Lipinski definition) is 4. The Morgan fingerprint density at radius 3 is 1.83 bits per heavy atom. The van der Waals surface area contributed by atoms with E-state index in [9.17, 15) is 0 Å². The van der Waals surface area contributed by atoms with Crippen molar-refractivity contribution in [1.29, 1.82) is 0 Å². The van der Waals surface area contributed by atoms with Gasteiger partial charge in [0.2, 0.25) is 0 Å². The van der Waals surface area contributed by atoms with E-state index in [0.29, 0.717) is 0 Å². The lowest BCUT2D eigenvalue weighted by Gasteiger charge is -2.07. The highest BCUT2D eigenvalue weighted by Crippen LogP contribution is 2.04. The molecule has 0 spiro atoms. The topological polar surface area (TPSA) is 62.1 Å². The molecule has 4 nitrogen and oxygen atoms in total. The molecule has 1 aromatic rings. The van der Waals surface area contributed by atoms with Gasteiger partial charge in [-0.25, -0.2) is 0 Å². The average molecular weight is 321 g/mol. The van der Waals surface area contributed by atoms with Crippen LogP contribution < -0.4 is 21.7 Å². The molecular formula is C19H36N4. The summed E-state index contributed by atoms with van der Waals surface area (Å²) in [4.78, 5) is 0. The summed E-state index contributed by atoms with van der Waals surface area (Å²) in [5.74, 6) is 0. The Morgan fingerprint density at radius 1 is 0.609 bits per heavy atom. The van der Waals surface area contributed by atoms with E-state index < -0.39 is 0 Å². The van der Waals surface area contributed by atoms with Gasteiger partial charge in [0.05, 0.1) is 0 Å². The van der Waals surface area contributed by atoms with Crippen LogP contribution in [0.15, 0.2) is 30.3 Å². The first-order chi connectivity index (χ1) is 11.4. The van der Waals surface area contributed by atoms with Gasteiger partial charge < -0.3 is 21.7 Å². The fourth-order valence-corrected chi connectivity index (χ4v) is 2.56. The fourth-order valence-electron chi connectivity index (χ4n) is 2.56. The lowest BCUT2D eigenvalue weighted by Crippen LogP contribution is -2.27. The Kier molecular flexibility index (Phi) is 13.9. The third-order valence-electron chi connectivity index (χ3n) is 3.93. The lowest BCUT2D eigenvalue weighted by atomic mass is 10.1. The smallest absolute Gasteiger partial charge is 0.0206 e. The molecule has 0 aliphatic rings. The highest BCUT2D eigenvalue weighted by molar-refractivity contribution is 5.14. The first-order valence-corrected chi connectivity index (χ1v) is 9.29. The summed E-state index contributed by atoms with van der Waals surface area (Å²) >= 11 is 0. The highest BCUT2D eigenvalue weighted by Gasteiger charge is 1.93. The van der Waals surface area contributed by atoms with Crippen LogP contribution in [-0.4, -0.2) is 39.3 Å². The third kappa shape index (κ3) is 13.2. The van der Waals surface area contributed by atoms with Crippen molar-refractivity contribution < 1.29 is 0 Å². The van der Waals surface area contributed by atoms with Gasteiger partial charge in [-0.1, -0.05) is 56.0 Å². The van der Waals surface area contributed by atoms with Crippen molar-refractivity contribution in [2.24, 2.45) is 5.73 Å². The van der Waals surface area contributed by atoms with Crippen LogP contribution in [0, 0.1) is 0 Å². The van der Waals surface area contributed by atoms with Crippen LogP contribution in [0.3, 0.4) is 0 Å². The van der Waals surface area contributed by atoms with Crippen LogP contribution in [0.1, 0.15) is 44.1 Å². The molecule has 1 aromatic carbocycles. The van der Waals surface area contributed by atoms with Crippen molar-refractivity contribution in [2.75, 3.05) is 39.3 Å². The summed E-state index contributed by atoms with van der Waals surface area (Å²) in [7, 11) is 0. The van der Waals surface area contributed by atoms with Crippen molar-refractivity contribution in [3.05, 3.63) is 35.9 Å². The van der Waals surface area contributed by atoms with E-state index in [1.807, 2.05) is 0 Å². The zero-order chi connectivity index (χ0) is 16.4. The SMILES string of the molecule is NCCNCCCCCCCCNCCNCc1ccccc1. The molecule has 132 valence electrons. The summed E-state index contributed by atoms with van der Waals surface area (Å²) in [5, 5.41) is 10.3. The second-order valence-electron chi connectivity index (χ2n) is 6.07. The molecule has 0 radical (unpaired) electrons. The Morgan fingerprint density at radius 2 is 1.17 bits per heavy atom. The second kappa shape index (κ2) is 15.9. The summed E-state index contributed by atoms with van der Waals surface area (Å²) in [6, 6.07) is 10.6. The van der Waals surface area contributed by atoms with Crippen molar-refractivity contribution in [3.63, 3.8) is 0 Å². The molecule has 0 aliphatic heterocycles. The van der Waals surface area contributed by atoms with Gasteiger partial charge in [-0.2, -0.15) is 0 Å². The molecule has 0 saturated heterocycles. The van der Waals surface area contributed by atoms with Crippen molar-refractivity contribution in [2.45, 2.75) is 45.1 Å². The molecule has 0 aromatic heterocycles. The van der Waals surface area contributed by atoms with Gasteiger partial charge in [-0.05, 0) is 31.5 Å². The first-order valence-electron chi connectivity index (χ1n) is 9.29. The van der Waals surface area contributed by atoms with E-state index >= 15 is 0 Å². The van der Waals surface area contributed by atoms with E-state index in [1.165, 1.54) is 44.1 Å². The van der Waals surface area contributed by atoms with Crippen LogP contribution in [0.2, 0.25) is 0 Å². The fraction of sp³-hybridized carbons (Fsp3) is 0.684. The van der Waals surface area contributed by atoms with Crippen molar-refractivity contribution >= 4 is 0 Å². The van der Waals surface area contributed by atoms with E-state index in [2.05, 4.69) is 46.3 Å². The predicted octanol–water partition coefficient (Wildman–Crippen LogP) is 2.25. The number of nitrogens with one attached hydrogen (secondary N) is 3. The number of nitrogens with two attached hydrogens (primary N) is 1. The zero-order valence-electron chi connectivity index (χ0n) is 14.7. The monoisotopic (exact) mass is 320 g/mol. The third-order valence-corrected chi connectivity index (χ3v) is 3.93. The molecule has 0 saturated carbocycles. The maximum absolute atomic E-state index is 5.43. The van der Waals surface area contributed by atoms with Gasteiger partial charge in [0.25, 0.3) is 0 Å². The first kappa shape index (κ1) is 20.1. The van der Waals surface area contributed by atoms with Gasteiger partial charge in [0.1, 0.15) is 0 Å². The standard InChI is InChI=1S/C19H36N4/c20-12-15-21-13-8-3-1-2-4-9-14-22-16-17-23-18-19-10-6-5-7-11-19/h5-7,10-11,21-23H,1-4,8-9,12-18,20H2. The predicted molar refractivity (Wildman–Crippen MR) is 101 cm³/mol. The molecule has 1 rings (SSSR count). The lowest BCUT2D eigenvalue weighted by molar-refractivity contribution is 0.544. The molecule has 0 unspecified atom stereocenters. The number of rotatable bonds is 16. The Bertz CT molecular complexity index is 342. The minimum Gasteiger partial charge on any atom is -0.329 e. The maximum atomic E-state index is 5.43. The van der Waals surface area contributed by atoms with E-state index in [0.717, 1.165) is 45.8 Å². The Labute approximate surface area is 142 Å². The van der Waals surface area contributed by atoms with Crippen LogP contribution in [-0.2, 0) is 6.54 Å². The Hall–Kier alpha value is -0.940. The quantitative estimate of drug-likeness (QED) is 0.353. The Balaban J connectivity index is 1.72. The minimum atomic E-state index is 0.745. The molecular weight excluding hydrogens is 284 g/mol. The minimum absolute atomic E-state index is 0.745. The molecule has 0 heterocycles. The maximum Gasteiger partial charge on any atom is 0.0206 e. The van der Waals surface area contributed by atoms with Gasteiger partial charge in [0, 0.05) is 32.7 Å². The van der Waals surface area contributed by atoms with Gasteiger partial charge in [-0.3, -0.25) is 0 Å². The largest absolute Gasteiger partial charge is 0.329 e. The molecule has 0 fully saturated rings. The van der Waals surface area contributed by atoms with Gasteiger partial charge >= 0.3 is 0 Å². The number of benzene rings is 1. The highest BCUT2D eigenvalue weighted by atomic mass is 14.9. The van der Waals surface area contributed by atoms with Gasteiger partial charge in [0.15, 0.2) is 0 Å². The molecule has 0 amide bonds. The molecule has 23 heavy (non-hydrogen) atoms. The molecule has 5 N–H and O–H groups in total. The molecule has 0 bridgehead atoms. The van der Waals surface area contributed by atoms with E-state index in [4.69, 9.17) is 5.73 Å². The summed E-state index contributed by atoms with van der Waals surface area (Å²) < 4.78 is 0. The van der Waals surface area contributed by atoms with E-state index in [1.54, 1.807) is 0 Å². The molecule has 0 aliphatic carbocycles. The molecule has 4 heteroatoms. The van der Waals surface area contributed by atoms with Crippen LogP contribution in [0.25, 0.3) is 0 Å². The number of unbranched alkanes of at least 4 members (excludes halogenated alkanes) is 5. The van der Waals surface area contributed by atoms with E-state index in [-0.39, 0.29) is 0 Å². The summed E-state index contributed by atoms with van der Waals surface area (Å²) in [6.45, 7) is 7.01. The van der Waals surface area contributed by atoms with Gasteiger partial charge in [-0.15, -0.1) is 0 Å². The zero-order valence-corrected chi connectivity index (χ0v) is 14.7. The molecule has 0 atom stereocenters. The van der Waals surface area contributed by atoms with Crippen LogP contribution in [0.5, 0.6) is 0 Å². The average Bonchev–Trinajstić information content (AvgIpc) is 2.59. The van der Waals surface area contributed by atoms with Crippen LogP contribution >= 0.6 is 0 Å². The summed E-state index contributed by atoms with van der Waals surface area (Å²) in [5.41, 5.74) is 6.78. The second-order valence-corrected chi connectivity index (χ2v) is 6.07. The number of hydrogen-bond donors (Lipinski definition) is 4. The van der Waals surface area contributed by atoms with Crippen molar-refractivity contribution in [3.8, 4) is 0 Å². The summed E-state index contributed by atoms with van der Waals surface area (Å²) in [6.07, 6.45) is 8.00.